The van der Waals surface area contributed by atoms with Crippen molar-refractivity contribution in [2.75, 3.05) is 0 Å². The minimum atomic E-state index is -0.0773. The molecule has 1 heterocycles. The molecule has 1 fully saturated rings. The summed E-state index contributed by atoms with van der Waals surface area (Å²) in [6.07, 6.45) is 7.11. The van der Waals surface area contributed by atoms with Crippen LogP contribution in [-0.2, 0) is 6.42 Å². The highest BCUT2D eigenvalue weighted by Gasteiger charge is 2.27. The molecule has 0 bridgehead atoms. The van der Waals surface area contributed by atoms with Crippen molar-refractivity contribution in [2.24, 2.45) is 17.1 Å². The molecule has 0 saturated heterocycles. The van der Waals surface area contributed by atoms with Gasteiger partial charge in [0.15, 0.2) is 5.82 Å². The van der Waals surface area contributed by atoms with Crippen molar-refractivity contribution < 1.29 is 4.52 Å². The van der Waals surface area contributed by atoms with Gasteiger partial charge in [-0.25, -0.2) is 0 Å². The summed E-state index contributed by atoms with van der Waals surface area (Å²) in [5.74, 6) is 1.92. The van der Waals surface area contributed by atoms with Gasteiger partial charge in [-0.2, -0.15) is 4.98 Å². The Morgan fingerprint density at radius 1 is 1.28 bits per heavy atom. The summed E-state index contributed by atoms with van der Waals surface area (Å²) in [7, 11) is 0. The van der Waals surface area contributed by atoms with Gasteiger partial charge in [-0.15, -0.1) is 0 Å². The number of hydrogen-bond acceptors (Lipinski definition) is 4. The van der Waals surface area contributed by atoms with Crippen molar-refractivity contribution in [3.05, 3.63) is 11.7 Å². The minimum Gasteiger partial charge on any atom is -0.338 e. The predicted molar refractivity (Wildman–Crippen MR) is 71.0 cm³/mol. The van der Waals surface area contributed by atoms with Gasteiger partial charge in [0.05, 0.1) is 6.04 Å². The second-order valence-electron chi connectivity index (χ2n) is 6.71. The molecule has 2 rings (SSSR count). The van der Waals surface area contributed by atoms with Gasteiger partial charge >= 0.3 is 0 Å². The molecule has 4 heteroatoms. The first-order valence-corrected chi connectivity index (χ1v) is 7.04. The topological polar surface area (TPSA) is 64.9 Å². The second-order valence-corrected chi connectivity index (χ2v) is 6.71. The van der Waals surface area contributed by atoms with E-state index in [0.29, 0.717) is 11.8 Å². The molecule has 4 nitrogen and oxygen atoms in total. The van der Waals surface area contributed by atoms with Crippen molar-refractivity contribution in [1.29, 1.82) is 0 Å². The van der Waals surface area contributed by atoms with E-state index < -0.39 is 0 Å². The smallest absolute Gasteiger partial charge is 0.243 e. The predicted octanol–water partition coefficient (Wildman–Crippen LogP) is 3.24. The van der Waals surface area contributed by atoms with Gasteiger partial charge in [0.1, 0.15) is 0 Å². The summed E-state index contributed by atoms with van der Waals surface area (Å²) >= 11 is 0. The Morgan fingerprint density at radius 3 is 2.56 bits per heavy atom. The van der Waals surface area contributed by atoms with Gasteiger partial charge < -0.3 is 10.3 Å². The fourth-order valence-electron chi connectivity index (χ4n) is 2.64. The zero-order valence-corrected chi connectivity index (χ0v) is 11.8. The summed E-state index contributed by atoms with van der Waals surface area (Å²) in [6.45, 7) is 6.51. The lowest BCUT2D eigenvalue weighted by Crippen LogP contribution is -2.24. The molecular weight excluding hydrogens is 226 g/mol. The summed E-state index contributed by atoms with van der Waals surface area (Å²) in [6, 6.07) is -0.0773. The Kier molecular flexibility index (Phi) is 4.05. The number of aromatic nitrogens is 2. The third-order valence-electron chi connectivity index (χ3n) is 3.62. The summed E-state index contributed by atoms with van der Waals surface area (Å²) in [5, 5.41) is 4.05. The van der Waals surface area contributed by atoms with Gasteiger partial charge in [-0.1, -0.05) is 45.2 Å². The molecule has 2 N–H and O–H groups in total. The fraction of sp³-hybridized carbons (Fsp3) is 0.857. The maximum Gasteiger partial charge on any atom is 0.243 e. The Balaban J connectivity index is 2.00. The van der Waals surface area contributed by atoms with E-state index in [-0.39, 0.29) is 11.5 Å². The lowest BCUT2D eigenvalue weighted by atomic mass is 9.84. The molecule has 0 spiro atoms. The van der Waals surface area contributed by atoms with Crippen molar-refractivity contribution in [1.82, 2.24) is 10.1 Å². The van der Waals surface area contributed by atoms with Crippen LogP contribution in [0, 0.1) is 11.3 Å². The molecule has 1 aromatic rings. The van der Waals surface area contributed by atoms with Crippen LogP contribution in [0.4, 0.5) is 0 Å². The first-order chi connectivity index (χ1) is 8.46. The second kappa shape index (κ2) is 5.39. The van der Waals surface area contributed by atoms with E-state index in [2.05, 4.69) is 30.9 Å². The van der Waals surface area contributed by atoms with Gasteiger partial charge in [0.25, 0.3) is 0 Å². The Labute approximate surface area is 109 Å². The van der Waals surface area contributed by atoms with Crippen LogP contribution in [0.1, 0.15) is 70.6 Å². The number of rotatable bonds is 3. The molecule has 1 unspecified atom stereocenters. The third-order valence-corrected chi connectivity index (χ3v) is 3.62. The molecule has 1 aliphatic carbocycles. The van der Waals surface area contributed by atoms with E-state index in [9.17, 15) is 0 Å². The van der Waals surface area contributed by atoms with Crippen LogP contribution < -0.4 is 5.73 Å². The highest BCUT2D eigenvalue weighted by Crippen LogP contribution is 2.32. The molecule has 18 heavy (non-hydrogen) atoms. The number of hydrogen-bond donors (Lipinski definition) is 1. The number of nitrogens with zero attached hydrogens (tertiary/aromatic N) is 2. The number of nitrogens with two attached hydrogens (primary N) is 1. The lowest BCUT2D eigenvalue weighted by molar-refractivity contribution is 0.254. The molecule has 102 valence electrons. The summed E-state index contributed by atoms with van der Waals surface area (Å²) in [5.41, 5.74) is 6.43. The van der Waals surface area contributed by atoms with Crippen molar-refractivity contribution in [3.63, 3.8) is 0 Å². The zero-order chi connectivity index (χ0) is 13.2. The highest BCUT2D eigenvalue weighted by atomic mass is 16.5. The normalized spacial score (nSPS) is 20.0. The minimum absolute atomic E-state index is 0.0773. The fourth-order valence-corrected chi connectivity index (χ4v) is 2.64. The standard InChI is InChI=1S/C14H25N3O/c1-14(2,3)9-11-16-13(18-17-11)12(15)10-7-5-4-6-8-10/h10,12H,4-9,15H2,1-3H3. The molecule has 1 aromatic heterocycles. The van der Waals surface area contributed by atoms with Gasteiger partial charge in [-0.05, 0) is 24.2 Å². The summed E-state index contributed by atoms with van der Waals surface area (Å²) in [4.78, 5) is 4.47. The average Bonchev–Trinajstić information content (AvgIpc) is 2.75. The molecular formula is C14H25N3O. The van der Waals surface area contributed by atoms with Gasteiger partial charge in [0, 0.05) is 6.42 Å². The van der Waals surface area contributed by atoms with Crippen LogP contribution in [0.3, 0.4) is 0 Å². The van der Waals surface area contributed by atoms with E-state index >= 15 is 0 Å². The Morgan fingerprint density at radius 2 is 1.94 bits per heavy atom. The lowest BCUT2D eigenvalue weighted by Gasteiger charge is -2.24. The van der Waals surface area contributed by atoms with Crippen LogP contribution in [0.2, 0.25) is 0 Å². The summed E-state index contributed by atoms with van der Waals surface area (Å²) < 4.78 is 5.34. The zero-order valence-electron chi connectivity index (χ0n) is 11.8. The molecule has 0 aromatic carbocycles. The van der Waals surface area contributed by atoms with Gasteiger partial charge in [0.2, 0.25) is 5.89 Å². The van der Waals surface area contributed by atoms with Crippen LogP contribution in [0.25, 0.3) is 0 Å². The SMILES string of the molecule is CC(C)(C)Cc1noc(C(N)C2CCCCC2)n1. The molecule has 1 aliphatic rings. The first-order valence-electron chi connectivity index (χ1n) is 7.04. The van der Waals surface area contributed by atoms with E-state index in [4.69, 9.17) is 10.3 Å². The third kappa shape index (κ3) is 3.55. The van der Waals surface area contributed by atoms with E-state index in [1.54, 1.807) is 0 Å². The van der Waals surface area contributed by atoms with Crippen molar-refractivity contribution in [3.8, 4) is 0 Å². The molecule has 0 aliphatic heterocycles. The molecule has 1 atom stereocenters. The first kappa shape index (κ1) is 13.5. The Hall–Kier alpha value is -0.900. The van der Waals surface area contributed by atoms with Crippen LogP contribution in [0.5, 0.6) is 0 Å². The molecule has 0 radical (unpaired) electrons. The average molecular weight is 251 g/mol. The van der Waals surface area contributed by atoms with Crippen molar-refractivity contribution >= 4 is 0 Å². The van der Waals surface area contributed by atoms with Crippen LogP contribution in [-0.4, -0.2) is 10.1 Å². The van der Waals surface area contributed by atoms with E-state index in [1.807, 2.05) is 0 Å². The van der Waals surface area contributed by atoms with Crippen molar-refractivity contribution in [2.45, 2.75) is 65.3 Å². The Bertz CT molecular complexity index is 375. The maximum atomic E-state index is 6.25. The molecule has 1 saturated carbocycles. The largest absolute Gasteiger partial charge is 0.338 e. The van der Waals surface area contributed by atoms with E-state index in [0.717, 1.165) is 12.2 Å². The van der Waals surface area contributed by atoms with Crippen LogP contribution >= 0.6 is 0 Å². The highest BCUT2D eigenvalue weighted by molar-refractivity contribution is 4.96. The maximum absolute atomic E-state index is 6.25. The molecule has 0 amide bonds. The van der Waals surface area contributed by atoms with E-state index in [1.165, 1.54) is 32.1 Å². The van der Waals surface area contributed by atoms with Gasteiger partial charge in [-0.3, -0.25) is 0 Å². The monoisotopic (exact) mass is 251 g/mol. The quantitative estimate of drug-likeness (QED) is 0.895. The van der Waals surface area contributed by atoms with Crippen LogP contribution in [0.15, 0.2) is 4.52 Å².